The van der Waals surface area contributed by atoms with E-state index in [1.54, 1.807) is 11.3 Å². The first-order valence-corrected chi connectivity index (χ1v) is 7.22. The minimum Gasteiger partial charge on any atom is -0.313 e. The smallest absolute Gasteiger partial charge is 0.131 e. The highest BCUT2D eigenvalue weighted by Gasteiger charge is 2.22. The highest BCUT2D eigenvalue weighted by Crippen LogP contribution is 2.33. The molecule has 0 amide bonds. The van der Waals surface area contributed by atoms with Crippen molar-refractivity contribution in [1.29, 1.82) is 0 Å². The maximum Gasteiger partial charge on any atom is 0.131 e. The lowest BCUT2D eigenvalue weighted by Gasteiger charge is -2.22. The highest BCUT2D eigenvalue weighted by molar-refractivity contribution is 7.11. The summed E-state index contributed by atoms with van der Waals surface area (Å²) in [6.45, 7) is 0.820. The average Bonchev–Trinajstić information content (AvgIpc) is 2.87. The molecule has 4 heteroatoms. The number of aryl methyl sites for hydroxylation is 1. The molecule has 1 N–H and O–H groups in total. The summed E-state index contributed by atoms with van der Waals surface area (Å²) in [7, 11) is 1.94. The Balaban J connectivity index is 1.78. The van der Waals surface area contributed by atoms with Crippen molar-refractivity contribution >= 4 is 11.3 Å². The third-order valence-corrected chi connectivity index (χ3v) is 4.59. The van der Waals surface area contributed by atoms with Gasteiger partial charge in [-0.3, -0.25) is 0 Å². The Labute approximate surface area is 111 Å². The fourth-order valence-corrected chi connectivity index (χ4v) is 3.55. The van der Waals surface area contributed by atoms with Crippen LogP contribution in [0.3, 0.4) is 0 Å². The minimum atomic E-state index is 0.558. The first kappa shape index (κ1) is 11.8. The van der Waals surface area contributed by atoms with Gasteiger partial charge in [0.2, 0.25) is 0 Å². The van der Waals surface area contributed by atoms with Gasteiger partial charge in [0.25, 0.3) is 0 Å². The number of hydrogen-bond donors (Lipinski definition) is 1. The van der Waals surface area contributed by atoms with Crippen LogP contribution in [-0.4, -0.2) is 17.2 Å². The molecule has 0 fully saturated rings. The SMILES string of the molecule is CNCc1nnc(C2CCc3ccccc3C2)s1. The quantitative estimate of drug-likeness (QED) is 0.920. The van der Waals surface area contributed by atoms with E-state index < -0.39 is 0 Å². The molecule has 0 saturated heterocycles. The van der Waals surface area contributed by atoms with Crippen LogP contribution in [0.15, 0.2) is 24.3 Å². The molecular formula is C14H17N3S. The number of rotatable bonds is 3. The summed E-state index contributed by atoms with van der Waals surface area (Å²) in [6.07, 6.45) is 3.48. The van der Waals surface area contributed by atoms with E-state index in [-0.39, 0.29) is 0 Å². The Kier molecular flexibility index (Phi) is 3.39. The average molecular weight is 259 g/mol. The van der Waals surface area contributed by atoms with E-state index in [9.17, 15) is 0 Å². The van der Waals surface area contributed by atoms with Crippen LogP contribution >= 0.6 is 11.3 Å². The maximum atomic E-state index is 4.36. The normalized spacial score (nSPS) is 18.6. The molecule has 1 aliphatic carbocycles. The molecule has 1 atom stereocenters. The van der Waals surface area contributed by atoms with Gasteiger partial charge >= 0.3 is 0 Å². The summed E-state index contributed by atoms with van der Waals surface area (Å²) in [5, 5.41) is 14.0. The van der Waals surface area contributed by atoms with E-state index in [2.05, 4.69) is 39.8 Å². The van der Waals surface area contributed by atoms with Crippen molar-refractivity contribution in [1.82, 2.24) is 15.5 Å². The molecule has 0 bridgehead atoms. The molecule has 1 aliphatic rings. The molecule has 1 heterocycles. The number of benzene rings is 1. The van der Waals surface area contributed by atoms with Crippen LogP contribution in [0.4, 0.5) is 0 Å². The van der Waals surface area contributed by atoms with Gasteiger partial charge in [-0.05, 0) is 37.4 Å². The van der Waals surface area contributed by atoms with Crippen LogP contribution in [0, 0.1) is 0 Å². The molecule has 2 aromatic rings. The number of hydrogen-bond acceptors (Lipinski definition) is 4. The predicted molar refractivity (Wildman–Crippen MR) is 73.9 cm³/mol. The Morgan fingerprint density at radius 1 is 1.28 bits per heavy atom. The molecule has 18 heavy (non-hydrogen) atoms. The van der Waals surface area contributed by atoms with Gasteiger partial charge in [0.15, 0.2) is 0 Å². The zero-order chi connectivity index (χ0) is 12.4. The minimum absolute atomic E-state index is 0.558. The lowest BCUT2D eigenvalue weighted by atomic mass is 9.84. The molecule has 0 radical (unpaired) electrons. The van der Waals surface area contributed by atoms with Gasteiger partial charge in [-0.15, -0.1) is 10.2 Å². The highest BCUT2D eigenvalue weighted by atomic mass is 32.1. The van der Waals surface area contributed by atoms with Gasteiger partial charge in [0.05, 0.1) is 0 Å². The molecule has 0 aliphatic heterocycles. The summed E-state index contributed by atoms with van der Waals surface area (Å²) >= 11 is 1.75. The van der Waals surface area contributed by atoms with Crippen molar-refractivity contribution in [2.45, 2.75) is 31.7 Å². The third kappa shape index (κ3) is 2.31. The first-order chi connectivity index (χ1) is 8.86. The standard InChI is InChI=1S/C14H17N3S/c1-15-9-13-16-17-14(18-13)12-7-6-10-4-2-3-5-11(10)8-12/h2-5,12,15H,6-9H2,1H3. The van der Waals surface area contributed by atoms with Crippen molar-refractivity contribution < 1.29 is 0 Å². The summed E-state index contributed by atoms with van der Waals surface area (Å²) in [5.41, 5.74) is 2.99. The van der Waals surface area contributed by atoms with E-state index in [0.29, 0.717) is 5.92 Å². The van der Waals surface area contributed by atoms with Gasteiger partial charge in [0.1, 0.15) is 10.0 Å². The lowest BCUT2D eigenvalue weighted by molar-refractivity contribution is 0.577. The topological polar surface area (TPSA) is 37.8 Å². The van der Waals surface area contributed by atoms with Crippen molar-refractivity contribution in [2.75, 3.05) is 7.05 Å². The van der Waals surface area contributed by atoms with Gasteiger partial charge in [-0.25, -0.2) is 0 Å². The van der Waals surface area contributed by atoms with Gasteiger partial charge in [-0.1, -0.05) is 35.6 Å². The number of fused-ring (bicyclic) bond motifs is 1. The van der Waals surface area contributed by atoms with Crippen molar-refractivity contribution in [3.63, 3.8) is 0 Å². The second-order valence-electron chi connectivity index (χ2n) is 4.77. The fraction of sp³-hybridized carbons (Fsp3) is 0.429. The van der Waals surface area contributed by atoms with Crippen molar-refractivity contribution in [2.24, 2.45) is 0 Å². The summed E-state index contributed by atoms with van der Waals surface area (Å²) < 4.78 is 0. The summed E-state index contributed by atoms with van der Waals surface area (Å²) in [5.74, 6) is 0.558. The van der Waals surface area contributed by atoms with Gasteiger partial charge in [0, 0.05) is 12.5 Å². The van der Waals surface area contributed by atoms with Crippen LogP contribution in [0.5, 0.6) is 0 Å². The predicted octanol–water partition coefficient (Wildman–Crippen LogP) is 2.53. The van der Waals surface area contributed by atoms with E-state index in [1.807, 2.05) is 7.05 Å². The Hall–Kier alpha value is -1.26. The molecule has 1 unspecified atom stereocenters. The van der Waals surface area contributed by atoms with E-state index in [0.717, 1.165) is 18.0 Å². The molecular weight excluding hydrogens is 242 g/mol. The van der Waals surface area contributed by atoms with Crippen LogP contribution in [0.25, 0.3) is 0 Å². The fourth-order valence-electron chi connectivity index (χ4n) is 2.56. The maximum absolute atomic E-state index is 4.36. The molecule has 0 spiro atoms. The first-order valence-electron chi connectivity index (χ1n) is 6.40. The summed E-state index contributed by atoms with van der Waals surface area (Å²) in [6, 6.07) is 8.76. The number of aromatic nitrogens is 2. The monoisotopic (exact) mass is 259 g/mol. The number of nitrogens with zero attached hydrogens (tertiary/aromatic N) is 2. The number of nitrogens with one attached hydrogen (secondary N) is 1. The second kappa shape index (κ2) is 5.16. The molecule has 3 nitrogen and oxygen atoms in total. The van der Waals surface area contributed by atoms with E-state index >= 15 is 0 Å². The second-order valence-corrected chi connectivity index (χ2v) is 5.87. The van der Waals surface area contributed by atoms with Crippen LogP contribution in [-0.2, 0) is 19.4 Å². The largest absolute Gasteiger partial charge is 0.313 e. The van der Waals surface area contributed by atoms with Crippen molar-refractivity contribution in [3.8, 4) is 0 Å². The van der Waals surface area contributed by atoms with Crippen LogP contribution in [0.1, 0.15) is 33.5 Å². The van der Waals surface area contributed by atoms with Crippen molar-refractivity contribution in [3.05, 3.63) is 45.4 Å². The zero-order valence-corrected chi connectivity index (χ0v) is 11.3. The molecule has 0 saturated carbocycles. The Morgan fingerprint density at radius 3 is 2.94 bits per heavy atom. The van der Waals surface area contributed by atoms with E-state index in [4.69, 9.17) is 0 Å². The Bertz CT molecular complexity index is 535. The Morgan fingerprint density at radius 2 is 2.11 bits per heavy atom. The van der Waals surface area contributed by atoms with Crippen LogP contribution in [0.2, 0.25) is 0 Å². The van der Waals surface area contributed by atoms with Gasteiger partial charge in [-0.2, -0.15) is 0 Å². The van der Waals surface area contributed by atoms with E-state index in [1.165, 1.54) is 29.0 Å². The van der Waals surface area contributed by atoms with Crippen LogP contribution < -0.4 is 5.32 Å². The lowest BCUT2D eigenvalue weighted by Crippen LogP contribution is -2.12. The molecule has 94 valence electrons. The zero-order valence-electron chi connectivity index (χ0n) is 10.5. The molecule has 3 rings (SSSR count). The summed E-state index contributed by atoms with van der Waals surface area (Å²) in [4.78, 5) is 0. The molecule has 1 aromatic carbocycles. The molecule has 1 aromatic heterocycles. The van der Waals surface area contributed by atoms with Gasteiger partial charge < -0.3 is 5.32 Å². The third-order valence-electron chi connectivity index (χ3n) is 3.51.